The molecule has 0 aliphatic carbocycles. The van der Waals surface area contributed by atoms with Crippen molar-refractivity contribution in [1.82, 2.24) is 24.5 Å². The quantitative estimate of drug-likeness (QED) is 0.396. The highest BCUT2D eigenvalue weighted by Gasteiger charge is 2.07. The molecule has 108 valence electrons. The zero-order chi connectivity index (χ0) is 14.4. The number of hydrogen-bond donors (Lipinski definition) is 3. The largest absolute Gasteiger partial charge is 0.354 e. The molecule has 0 fully saturated rings. The smallest absolute Gasteiger partial charge is 0.243 e. The SMILES string of the molecule is CC(C)CCCNc1nc(NN)nc(-n2ccnc2)n1. The summed E-state index contributed by atoms with van der Waals surface area (Å²) < 4.78 is 1.70. The standard InChI is InChI=1S/C12H20N8/c1-9(2)4-3-5-15-10-16-11(19-13)18-12(17-10)20-7-6-14-8-20/h6-9H,3-5,13H2,1-2H3,(H2,15,16,17,18,19). The van der Waals surface area contributed by atoms with Gasteiger partial charge in [-0.2, -0.15) is 15.0 Å². The molecule has 0 unspecified atom stereocenters. The summed E-state index contributed by atoms with van der Waals surface area (Å²) in [6.45, 7) is 5.22. The molecule has 0 aliphatic heterocycles. The van der Waals surface area contributed by atoms with E-state index in [2.05, 4.69) is 44.5 Å². The number of hydrogen-bond acceptors (Lipinski definition) is 7. The number of rotatable bonds is 7. The Bertz CT molecular complexity index is 522. The topological polar surface area (TPSA) is 107 Å². The second-order valence-corrected chi connectivity index (χ2v) is 4.86. The molecule has 2 rings (SSSR count). The first-order valence-corrected chi connectivity index (χ1v) is 6.64. The molecule has 4 N–H and O–H groups in total. The molecule has 2 aromatic rings. The first-order chi connectivity index (χ1) is 9.69. The van der Waals surface area contributed by atoms with Crippen molar-refractivity contribution in [3.63, 3.8) is 0 Å². The van der Waals surface area contributed by atoms with Crippen molar-refractivity contribution >= 4 is 11.9 Å². The highest BCUT2D eigenvalue weighted by molar-refractivity contribution is 5.37. The van der Waals surface area contributed by atoms with E-state index in [1.54, 1.807) is 23.3 Å². The average molecular weight is 276 g/mol. The van der Waals surface area contributed by atoms with Gasteiger partial charge in [-0.3, -0.25) is 9.99 Å². The summed E-state index contributed by atoms with van der Waals surface area (Å²) in [5.74, 6) is 7.36. The molecule has 20 heavy (non-hydrogen) atoms. The third-order valence-corrected chi connectivity index (χ3v) is 2.73. The van der Waals surface area contributed by atoms with Crippen molar-refractivity contribution in [3.05, 3.63) is 18.7 Å². The number of nitrogens with zero attached hydrogens (tertiary/aromatic N) is 5. The fraction of sp³-hybridized carbons (Fsp3) is 0.500. The molecule has 8 nitrogen and oxygen atoms in total. The molecule has 0 saturated heterocycles. The molecule has 0 saturated carbocycles. The van der Waals surface area contributed by atoms with E-state index in [1.165, 1.54) is 0 Å². The minimum absolute atomic E-state index is 0.315. The van der Waals surface area contributed by atoms with Crippen LogP contribution in [0.5, 0.6) is 0 Å². The van der Waals surface area contributed by atoms with E-state index in [9.17, 15) is 0 Å². The number of nitrogens with two attached hydrogens (primary N) is 1. The van der Waals surface area contributed by atoms with Crippen LogP contribution in [0.2, 0.25) is 0 Å². The summed E-state index contributed by atoms with van der Waals surface area (Å²) in [4.78, 5) is 16.7. The number of nitrogen functional groups attached to an aromatic ring is 1. The summed E-state index contributed by atoms with van der Waals surface area (Å²) in [6.07, 6.45) is 7.27. The van der Waals surface area contributed by atoms with Crippen LogP contribution in [-0.4, -0.2) is 31.0 Å². The van der Waals surface area contributed by atoms with Crippen molar-refractivity contribution in [1.29, 1.82) is 0 Å². The summed E-state index contributed by atoms with van der Waals surface area (Å²) in [5, 5.41) is 3.19. The number of hydrazine groups is 1. The molecule has 0 atom stereocenters. The fourth-order valence-corrected chi connectivity index (χ4v) is 1.71. The van der Waals surface area contributed by atoms with Gasteiger partial charge in [0.2, 0.25) is 17.8 Å². The minimum Gasteiger partial charge on any atom is -0.354 e. The van der Waals surface area contributed by atoms with Gasteiger partial charge in [0.1, 0.15) is 6.33 Å². The second-order valence-electron chi connectivity index (χ2n) is 4.86. The Labute approximate surface area is 117 Å². The van der Waals surface area contributed by atoms with Crippen LogP contribution in [0.3, 0.4) is 0 Å². The number of nitrogens with one attached hydrogen (secondary N) is 2. The third kappa shape index (κ3) is 3.89. The lowest BCUT2D eigenvalue weighted by Gasteiger charge is -2.09. The van der Waals surface area contributed by atoms with E-state index in [4.69, 9.17) is 5.84 Å². The second kappa shape index (κ2) is 6.80. The first-order valence-electron chi connectivity index (χ1n) is 6.64. The Morgan fingerprint density at radius 1 is 1.25 bits per heavy atom. The van der Waals surface area contributed by atoms with E-state index in [-0.39, 0.29) is 0 Å². The Balaban J connectivity index is 2.06. The van der Waals surface area contributed by atoms with Gasteiger partial charge in [0.15, 0.2) is 0 Å². The molecule has 0 amide bonds. The molecule has 2 aromatic heterocycles. The van der Waals surface area contributed by atoms with Crippen molar-refractivity contribution < 1.29 is 0 Å². The molecule has 0 aromatic carbocycles. The maximum absolute atomic E-state index is 5.38. The van der Waals surface area contributed by atoms with E-state index in [0.29, 0.717) is 23.8 Å². The Morgan fingerprint density at radius 2 is 2.05 bits per heavy atom. The number of anilines is 2. The van der Waals surface area contributed by atoms with Gasteiger partial charge in [-0.15, -0.1) is 0 Å². The Hall–Kier alpha value is -2.22. The lowest BCUT2D eigenvalue weighted by Crippen LogP contribution is -2.16. The zero-order valence-electron chi connectivity index (χ0n) is 11.7. The lowest BCUT2D eigenvalue weighted by atomic mass is 10.1. The molecule has 8 heteroatoms. The van der Waals surface area contributed by atoms with Crippen LogP contribution in [0.4, 0.5) is 11.9 Å². The minimum atomic E-state index is 0.315. The third-order valence-electron chi connectivity index (χ3n) is 2.73. The molecule has 0 radical (unpaired) electrons. The van der Waals surface area contributed by atoms with Crippen LogP contribution in [0.25, 0.3) is 5.95 Å². The van der Waals surface area contributed by atoms with Crippen molar-refractivity contribution in [2.75, 3.05) is 17.3 Å². The van der Waals surface area contributed by atoms with Crippen LogP contribution >= 0.6 is 0 Å². The van der Waals surface area contributed by atoms with Gasteiger partial charge in [-0.05, 0) is 18.8 Å². The summed E-state index contributed by atoms with van der Waals surface area (Å²) in [6, 6.07) is 0. The van der Waals surface area contributed by atoms with Gasteiger partial charge >= 0.3 is 0 Å². The van der Waals surface area contributed by atoms with Crippen LogP contribution in [0.15, 0.2) is 18.7 Å². The van der Waals surface area contributed by atoms with Gasteiger partial charge in [-0.25, -0.2) is 10.8 Å². The van der Waals surface area contributed by atoms with Crippen molar-refractivity contribution in [2.24, 2.45) is 11.8 Å². The molecular weight excluding hydrogens is 256 g/mol. The predicted octanol–water partition coefficient (Wildman–Crippen LogP) is 1.19. The van der Waals surface area contributed by atoms with Gasteiger partial charge in [0, 0.05) is 18.9 Å². The maximum atomic E-state index is 5.38. The lowest BCUT2D eigenvalue weighted by molar-refractivity contribution is 0.566. The Kier molecular flexibility index (Phi) is 4.83. The van der Waals surface area contributed by atoms with Crippen LogP contribution < -0.4 is 16.6 Å². The van der Waals surface area contributed by atoms with Crippen molar-refractivity contribution in [2.45, 2.75) is 26.7 Å². The number of imidazole rings is 1. The van der Waals surface area contributed by atoms with E-state index >= 15 is 0 Å². The number of aromatic nitrogens is 5. The fourth-order valence-electron chi connectivity index (χ4n) is 1.71. The van der Waals surface area contributed by atoms with Crippen LogP contribution in [0, 0.1) is 5.92 Å². The van der Waals surface area contributed by atoms with Crippen molar-refractivity contribution in [3.8, 4) is 5.95 Å². The molecule has 0 bridgehead atoms. The highest BCUT2D eigenvalue weighted by Crippen LogP contribution is 2.09. The van der Waals surface area contributed by atoms with Gasteiger partial charge in [0.25, 0.3) is 0 Å². The average Bonchev–Trinajstić information content (AvgIpc) is 2.97. The van der Waals surface area contributed by atoms with Gasteiger partial charge in [-0.1, -0.05) is 13.8 Å². The first kappa shape index (κ1) is 14.2. The van der Waals surface area contributed by atoms with Gasteiger partial charge in [0.05, 0.1) is 0 Å². The van der Waals surface area contributed by atoms with E-state index in [1.807, 2.05) is 0 Å². The maximum Gasteiger partial charge on any atom is 0.243 e. The van der Waals surface area contributed by atoms with Gasteiger partial charge < -0.3 is 5.32 Å². The van der Waals surface area contributed by atoms with E-state index in [0.717, 1.165) is 19.4 Å². The normalized spacial score (nSPS) is 10.8. The van der Waals surface area contributed by atoms with Crippen LogP contribution in [-0.2, 0) is 0 Å². The molecule has 0 spiro atoms. The highest BCUT2D eigenvalue weighted by atomic mass is 15.4. The summed E-state index contributed by atoms with van der Waals surface area (Å²) in [5.41, 5.74) is 2.44. The monoisotopic (exact) mass is 276 g/mol. The molecule has 0 aliphatic rings. The van der Waals surface area contributed by atoms with Crippen LogP contribution in [0.1, 0.15) is 26.7 Å². The van der Waals surface area contributed by atoms with E-state index < -0.39 is 0 Å². The Morgan fingerprint density at radius 3 is 2.70 bits per heavy atom. The molecular formula is C12H20N8. The molecule has 2 heterocycles. The summed E-state index contributed by atoms with van der Waals surface area (Å²) in [7, 11) is 0. The zero-order valence-corrected chi connectivity index (χ0v) is 11.7. The summed E-state index contributed by atoms with van der Waals surface area (Å²) >= 11 is 0. The predicted molar refractivity (Wildman–Crippen MR) is 77.3 cm³/mol.